The van der Waals surface area contributed by atoms with E-state index in [1.54, 1.807) is 0 Å². The monoisotopic (exact) mass is 290 g/mol. The van der Waals surface area contributed by atoms with E-state index in [4.69, 9.17) is 16.3 Å². The van der Waals surface area contributed by atoms with E-state index in [1.807, 2.05) is 24.3 Å². The first-order valence-electron chi connectivity index (χ1n) is 7.63. The summed E-state index contributed by atoms with van der Waals surface area (Å²) >= 11 is 5.62. The molecule has 0 unspecified atom stereocenters. The molecule has 1 aromatic carbocycles. The molecule has 0 aromatic heterocycles. The molecule has 0 aliphatic heterocycles. The topological polar surface area (TPSA) is 9.23 Å². The van der Waals surface area contributed by atoms with Crippen molar-refractivity contribution in [3.05, 3.63) is 29.8 Å². The highest BCUT2D eigenvalue weighted by Gasteiger charge is 2.21. The summed E-state index contributed by atoms with van der Waals surface area (Å²) in [5, 5.41) is 0. The summed E-state index contributed by atoms with van der Waals surface area (Å²) < 4.78 is 6.10. The van der Waals surface area contributed by atoms with Crippen molar-refractivity contribution in [3.8, 4) is 17.6 Å². The van der Waals surface area contributed by atoms with Crippen molar-refractivity contribution in [2.24, 2.45) is 5.92 Å². The molecule has 0 radical (unpaired) electrons. The summed E-state index contributed by atoms with van der Waals surface area (Å²) in [7, 11) is 0. The second kappa shape index (κ2) is 8.22. The van der Waals surface area contributed by atoms with Gasteiger partial charge in [-0.2, -0.15) is 0 Å². The minimum Gasteiger partial charge on any atom is -0.490 e. The number of halogens is 1. The first-order chi connectivity index (χ1) is 9.81. The third-order valence-corrected chi connectivity index (χ3v) is 4.15. The van der Waals surface area contributed by atoms with E-state index in [0.29, 0.717) is 12.0 Å². The molecule has 0 amide bonds. The Kier molecular flexibility index (Phi) is 6.27. The molecule has 1 aromatic rings. The molecular weight excluding hydrogens is 268 g/mol. The number of ether oxygens (including phenoxy) is 1. The lowest BCUT2D eigenvalue weighted by atomic mass is 9.86. The molecule has 1 aliphatic carbocycles. The molecule has 1 saturated carbocycles. The highest BCUT2D eigenvalue weighted by molar-refractivity contribution is 6.18. The first kappa shape index (κ1) is 15.3. The Balaban J connectivity index is 1.90. The van der Waals surface area contributed by atoms with Crippen LogP contribution in [0.25, 0.3) is 0 Å². The largest absolute Gasteiger partial charge is 0.490 e. The summed E-state index contributed by atoms with van der Waals surface area (Å²) in [5.41, 5.74) is 1.01. The fourth-order valence-corrected chi connectivity index (χ4v) is 2.80. The Bertz CT molecular complexity index is 464. The second-order valence-electron chi connectivity index (χ2n) is 5.44. The zero-order chi connectivity index (χ0) is 14.2. The number of benzene rings is 1. The summed E-state index contributed by atoms with van der Waals surface area (Å²) in [5.74, 6) is 8.62. The van der Waals surface area contributed by atoms with Gasteiger partial charge in [0, 0.05) is 17.9 Å². The molecule has 1 aliphatic rings. The van der Waals surface area contributed by atoms with Crippen LogP contribution in [-0.4, -0.2) is 12.0 Å². The lowest BCUT2D eigenvalue weighted by Gasteiger charge is -2.28. The van der Waals surface area contributed by atoms with E-state index in [1.165, 1.54) is 32.1 Å². The fraction of sp³-hybridized carbons (Fsp3) is 0.556. The van der Waals surface area contributed by atoms with Crippen LogP contribution < -0.4 is 4.74 Å². The van der Waals surface area contributed by atoms with Crippen molar-refractivity contribution >= 4 is 11.6 Å². The van der Waals surface area contributed by atoms with Gasteiger partial charge in [-0.05, 0) is 49.8 Å². The van der Waals surface area contributed by atoms with Crippen molar-refractivity contribution < 1.29 is 4.74 Å². The Hall–Kier alpha value is -1.13. The predicted molar refractivity (Wildman–Crippen MR) is 85.3 cm³/mol. The van der Waals surface area contributed by atoms with Crippen LogP contribution in [0.2, 0.25) is 0 Å². The van der Waals surface area contributed by atoms with Crippen molar-refractivity contribution in [3.63, 3.8) is 0 Å². The van der Waals surface area contributed by atoms with Gasteiger partial charge in [-0.15, -0.1) is 11.6 Å². The second-order valence-corrected chi connectivity index (χ2v) is 5.82. The van der Waals surface area contributed by atoms with E-state index >= 15 is 0 Å². The van der Waals surface area contributed by atoms with Gasteiger partial charge in [0.1, 0.15) is 5.75 Å². The van der Waals surface area contributed by atoms with Crippen LogP contribution in [0.15, 0.2) is 24.3 Å². The van der Waals surface area contributed by atoms with Crippen LogP contribution in [0.5, 0.6) is 5.75 Å². The average Bonchev–Trinajstić information content (AvgIpc) is 2.49. The zero-order valence-corrected chi connectivity index (χ0v) is 13.0. The van der Waals surface area contributed by atoms with E-state index in [9.17, 15) is 0 Å². The van der Waals surface area contributed by atoms with Gasteiger partial charge in [-0.25, -0.2) is 0 Å². The maximum absolute atomic E-state index is 6.10. The summed E-state index contributed by atoms with van der Waals surface area (Å²) in [4.78, 5) is 0. The summed E-state index contributed by atoms with van der Waals surface area (Å²) in [6, 6.07) is 8.09. The van der Waals surface area contributed by atoms with Crippen LogP contribution in [0.3, 0.4) is 0 Å². The van der Waals surface area contributed by atoms with Crippen LogP contribution in [0.4, 0.5) is 0 Å². The van der Waals surface area contributed by atoms with Crippen LogP contribution in [0, 0.1) is 17.8 Å². The highest BCUT2D eigenvalue weighted by Crippen LogP contribution is 2.29. The SMILES string of the molecule is CCC1CCC(Oc2cccc(C#CCCCl)c2)CC1. The normalized spacial score (nSPS) is 21.9. The molecule has 1 fully saturated rings. The van der Waals surface area contributed by atoms with Crippen LogP contribution in [0.1, 0.15) is 51.0 Å². The lowest BCUT2D eigenvalue weighted by Crippen LogP contribution is -2.23. The number of rotatable bonds is 4. The Morgan fingerprint density at radius 2 is 2.05 bits per heavy atom. The molecule has 2 rings (SSSR count). The fourth-order valence-electron chi connectivity index (χ4n) is 2.71. The van der Waals surface area contributed by atoms with E-state index in [-0.39, 0.29) is 0 Å². The summed E-state index contributed by atoms with van der Waals surface area (Å²) in [6.45, 7) is 2.29. The molecular formula is C18H23ClO. The van der Waals surface area contributed by atoms with Crippen molar-refractivity contribution in [2.75, 3.05) is 5.88 Å². The molecule has 20 heavy (non-hydrogen) atoms. The van der Waals surface area contributed by atoms with Gasteiger partial charge in [0.05, 0.1) is 6.10 Å². The summed E-state index contributed by atoms with van der Waals surface area (Å²) in [6.07, 6.45) is 7.38. The molecule has 0 spiro atoms. The third kappa shape index (κ3) is 4.76. The standard InChI is InChI=1S/C18H23ClO/c1-2-15-9-11-17(12-10-15)20-18-8-5-7-16(14-18)6-3-4-13-19/h5,7-8,14-15,17H,2,4,9-13H2,1H3. The molecule has 2 heteroatoms. The molecule has 108 valence electrons. The number of hydrogen-bond donors (Lipinski definition) is 0. The number of hydrogen-bond acceptors (Lipinski definition) is 1. The molecule has 0 bridgehead atoms. The van der Waals surface area contributed by atoms with Gasteiger partial charge in [-0.3, -0.25) is 0 Å². The van der Waals surface area contributed by atoms with Crippen LogP contribution >= 0.6 is 11.6 Å². The zero-order valence-electron chi connectivity index (χ0n) is 12.2. The van der Waals surface area contributed by atoms with Gasteiger partial charge < -0.3 is 4.74 Å². The Morgan fingerprint density at radius 3 is 2.75 bits per heavy atom. The van der Waals surface area contributed by atoms with Gasteiger partial charge in [0.25, 0.3) is 0 Å². The van der Waals surface area contributed by atoms with Gasteiger partial charge in [-0.1, -0.05) is 31.3 Å². The number of alkyl halides is 1. The molecule has 0 N–H and O–H groups in total. The minimum absolute atomic E-state index is 0.379. The highest BCUT2D eigenvalue weighted by atomic mass is 35.5. The lowest BCUT2D eigenvalue weighted by molar-refractivity contribution is 0.130. The van der Waals surface area contributed by atoms with Gasteiger partial charge >= 0.3 is 0 Å². The van der Waals surface area contributed by atoms with Gasteiger partial charge in [0.15, 0.2) is 0 Å². The van der Waals surface area contributed by atoms with E-state index < -0.39 is 0 Å². The average molecular weight is 291 g/mol. The van der Waals surface area contributed by atoms with Crippen LogP contribution in [-0.2, 0) is 0 Å². The maximum Gasteiger partial charge on any atom is 0.120 e. The predicted octanol–water partition coefficient (Wildman–Crippen LogP) is 5.01. The Labute approximate surface area is 127 Å². The van der Waals surface area contributed by atoms with E-state index in [2.05, 4.69) is 18.8 Å². The third-order valence-electron chi connectivity index (χ3n) is 3.96. The van der Waals surface area contributed by atoms with Crippen molar-refractivity contribution in [2.45, 2.75) is 51.6 Å². The van der Waals surface area contributed by atoms with E-state index in [0.717, 1.165) is 23.7 Å². The van der Waals surface area contributed by atoms with Crippen molar-refractivity contribution in [1.29, 1.82) is 0 Å². The molecule has 0 atom stereocenters. The molecule has 0 heterocycles. The molecule has 0 saturated heterocycles. The first-order valence-corrected chi connectivity index (χ1v) is 8.16. The van der Waals surface area contributed by atoms with Gasteiger partial charge in [0.2, 0.25) is 0 Å². The molecule has 1 nitrogen and oxygen atoms in total. The maximum atomic E-state index is 6.10. The Morgan fingerprint density at radius 1 is 1.25 bits per heavy atom. The smallest absolute Gasteiger partial charge is 0.120 e. The van der Waals surface area contributed by atoms with Crippen molar-refractivity contribution in [1.82, 2.24) is 0 Å². The minimum atomic E-state index is 0.379. The quantitative estimate of drug-likeness (QED) is 0.559.